The van der Waals surface area contributed by atoms with Crippen molar-refractivity contribution in [2.24, 2.45) is 0 Å². The second-order valence-corrected chi connectivity index (χ2v) is 4.15. The summed E-state index contributed by atoms with van der Waals surface area (Å²) < 4.78 is 0. The van der Waals surface area contributed by atoms with E-state index in [0.29, 0.717) is 11.5 Å². The van der Waals surface area contributed by atoms with E-state index in [1.165, 1.54) is 0 Å². The predicted octanol–water partition coefficient (Wildman–Crippen LogP) is 2.24. The van der Waals surface area contributed by atoms with E-state index in [0.717, 1.165) is 16.7 Å². The van der Waals surface area contributed by atoms with E-state index in [1.54, 1.807) is 18.5 Å². The number of aryl methyl sites for hydroxylation is 1. The zero-order chi connectivity index (χ0) is 13.2. The number of pyridine rings is 1. The van der Waals surface area contributed by atoms with Crippen molar-refractivity contribution in [3.05, 3.63) is 36.3 Å². The topological polar surface area (TPSA) is 98.5 Å². The number of hydrogen-bond donors (Lipinski definition) is 4. The molecule has 0 radical (unpaired) electrons. The van der Waals surface area contributed by atoms with Crippen LogP contribution in [0.15, 0.2) is 30.6 Å². The average molecular weight is 256 g/mol. The normalized spacial score (nSPS) is 10.6. The Hall–Kier alpha value is -2.83. The molecule has 2 amide bonds. The molecule has 3 aromatic heterocycles. The zero-order valence-electron chi connectivity index (χ0n) is 10.2. The van der Waals surface area contributed by atoms with Crippen LogP contribution < -0.4 is 10.6 Å². The lowest BCUT2D eigenvalue weighted by molar-refractivity contribution is 0.262. The number of carbonyl (C=O) groups excluding carboxylic acids is 1. The molecule has 19 heavy (non-hydrogen) atoms. The van der Waals surface area contributed by atoms with Gasteiger partial charge < -0.3 is 10.3 Å². The van der Waals surface area contributed by atoms with Gasteiger partial charge >= 0.3 is 6.03 Å². The summed E-state index contributed by atoms with van der Waals surface area (Å²) in [6.45, 7) is 1.86. The van der Waals surface area contributed by atoms with Gasteiger partial charge in [-0.25, -0.2) is 9.78 Å². The predicted molar refractivity (Wildman–Crippen MR) is 72.1 cm³/mol. The van der Waals surface area contributed by atoms with Gasteiger partial charge in [-0.05, 0) is 19.1 Å². The molecule has 0 aliphatic rings. The van der Waals surface area contributed by atoms with E-state index < -0.39 is 0 Å². The maximum atomic E-state index is 11.8. The summed E-state index contributed by atoms with van der Waals surface area (Å²) in [6, 6.07) is 5.12. The van der Waals surface area contributed by atoms with Crippen LogP contribution in [0.2, 0.25) is 0 Å². The first kappa shape index (κ1) is 11.3. The monoisotopic (exact) mass is 256 g/mol. The highest BCUT2D eigenvalue weighted by molar-refractivity contribution is 6.00. The SMILES string of the molecule is Cc1cc(NC(=O)Nc2cnc3[nH]ccc3c2)n[nH]1. The van der Waals surface area contributed by atoms with E-state index in [2.05, 4.69) is 30.8 Å². The van der Waals surface area contributed by atoms with Crippen molar-refractivity contribution in [2.75, 3.05) is 10.6 Å². The number of nitrogens with one attached hydrogen (secondary N) is 4. The lowest BCUT2D eigenvalue weighted by atomic mass is 10.3. The molecule has 7 heteroatoms. The molecule has 0 saturated carbocycles. The van der Waals surface area contributed by atoms with Crippen LogP contribution in [-0.2, 0) is 0 Å². The second kappa shape index (κ2) is 4.45. The molecule has 0 aliphatic heterocycles. The third-order valence-electron chi connectivity index (χ3n) is 2.61. The van der Waals surface area contributed by atoms with Gasteiger partial charge in [-0.15, -0.1) is 0 Å². The summed E-state index contributed by atoms with van der Waals surface area (Å²) >= 11 is 0. The Kier molecular flexibility index (Phi) is 2.64. The fourth-order valence-electron chi connectivity index (χ4n) is 1.77. The summed E-state index contributed by atoms with van der Waals surface area (Å²) in [5.41, 5.74) is 2.29. The van der Waals surface area contributed by atoms with E-state index >= 15 is 0 Å². The van der Waals surface area contributed by atoms with Crippen LogP contribution in [0.5, 0.6) is 0 Å². The number of carbonyl (C=O) groups is 1. The van der Waals surface area contributed by atoms with Gasteiger partial charge in [0.25, 0.3) is 0 Å². The van der Waals surface area contributed by atoms with Crippen molar-refractivity contribution < 1.29 is 4.79 Å². The number of rotatable bonds is 2. The number of fused-ring (bicyclic) bond motifs is 1. The molecule has 0 atom stereocenters. The molecular formula is C12H12N6O. The maximum absolute atomic E-state index is 11.8. The van der Waals surface area contributed by atoms with Crippen LogP contribution in [0.3, 0.4) is 0 Å². The summed E-state index contributed by atoms with van der Waals surface area (Å²) in [5.74, 6) is 0.477. The summed E-state index contributed by atoms with van der Waals surface area (Å²) in [5, 5.41) is 12.9. The highest BCUT2D eigenvalue weighted by Crippen LogP contribution is 2.15. The first-order valence-corrected chi connectivity index (χ1v) is 5.74. The van der Waals surface area contributed by atoms with Crippen LogP contribution in [0.4, 0.5) is 16.3 Å². The molecular weight excluding hydrogens is 244 g/mol. The minimum Gasteiger partial charge on any atom is -0.346 e. The van der Waals surface area contributed by atoms with Gasteiger partial charge in [0, 0.05) is 23.3 Å². The third kappa shape index (κ3) is 2.39. The summed E-state index contributed by atoms with van der Waals surface area (Å²) in [7, 11) is 0. The quantitative estimate of drug-likeness (QED) is 0.565. The smallest absolute Gasteiger partial charge is 0.324 e. The van der Waals surface area contributed by atoms with Crippen molar-refractivity contribution in [1.82, 2.24) is 20.2 Å². The van der Waals surface area contributed by atoms with E-state index in [9.17, 15) is 4.79 Å². The van der Waals surface area contributed by atoms with Crippen LogP contribution in [0, 0.1) is 6.92 Å². The number of urea groups is 1. The lowest BCUT2D eigenvalue weighted by Gasteiger charge is -2.04. The Labute approximate surface area is 108 Å². The largest absolute Gasteiger partial charge is 0.346 e. The van der Waals surface area contributed by atoms with Crippen LogP contribution in [0.1, 0.15) is 5.69 Å². The van der Waals surface area contributed by atoms with E-state index in [-0.39, 0.29) is 6.03 Å². The molecule has 7 nitrogen and oxygen atoms in total. The van der Waals surface area contributed by atoms with Crippen molar-refractivity contribution in [3.63, 3.8) is 0 Å². The summed E-state index contributed by atoms with van der Waals surface area (Å²) in [4.78, 5) is 18.9. The number of amides is 2. The molecule has 0 unspecified atom stereocenters. The minimum atomic E-state index is -0.358. The van der Waals surface area contributed by atoms with Crippen molar-refractivity contribution >= 4 is 28.6 Å². The fourth-order valence-corrected chi connectivity index (χ4v) is 1.77. The van der Waals surface area contributed by atoms with Crippen molar-refractivity contribution in [3.8, 4) is 0 Å². The molecule has 0 bridgehead atoms. The van der Waals surface area contributed by atoms with Crippen molar-refractivity contribution in [2.45, 2.75) is 6.92 Å². The molecule has 96 valence electrons. The fraction of sp³-hybridized carbons (Fsp3) is 0.0833. The van der Waals surface area contributed by atoms with Gasteiger partial charge in [0.15, 0.2) is 5.82 Å². The lowest BCUT2D eigenvalue weighted by Crippen LogP contribution is -2.19. The van der Waals surface area contributed by atoms with Crippen molar-refractivity contribution in [1.29, 1.82) is 0 Å². The number of nitrogens with zero attached hydrogens (tertiary/aromatic N) is 2. The van der Waals surface area contributed by atoms with Gasteiger partial charge in [-0.1, -0.05) is 0 Å². The second-order valence-electron chi connectivity index (χ2n) is 4.15. The van der Waals surface area contributed by atoms with Gasteiger partial charge in [0.05, 0.1) is 11.9 Å². The van der Waals surface area contributed by atoms with Crippen LogP contribution >= 0.6 is 0 Å². The molecule has 3 rings (SSSR count). The molecule has 0 fully saturated rings. The Bertz CT molecular complexity index is 728. The van der Waals surface area contributed by atoms with Gasteiger partial charge in [-0.3, -0.25) is 10.4 Å². The minimum absolute atomic E-state index is 0.358. The number of aromatic nitrogens is 4. The third-order valence-corrected chi connectivity index (χ3v) is 2.61. The standard InChI is InChI=1S/C12H12N6O/c1-7-4-10(18-17-7)16-12(19)15-9-5-8-2-3-13-11(8)14-6-9/h2-6H,1H3,(H,13,14)(H3,15,16,17,18,19). The first-order valence-electron chi connectivity index (χ1n) is 5.74. The average Bonchev–Trinajstić information content (AvgIpc) is 2.97. The molecule has 0 spiro atoms. The van der Waals surface area contributed by atoms with E-state index in [1.807, 2.05) is 19.1 Å². The Balaban J connectivity index is 1.71. The maximum Gasteiger partial charge on any atom is 0.324 e. The molecule has 3 aromatic rings. The molecule has 3 heterocycles. The highest BCUT2D eigenvalue weighted by Gasteiger charge is 2.06. The summed E-state index contributed by atoms with van der Waals surface area (Å²) in [6.07, 6.45) is 3.39. The van der Waals surface area contributed by atoms with Crippen LogP contribution in [-0.4, -0.2) is 26.2 Å². The Morgan fingerprint density at radius 3 is 3.00 bits per heavy atom. The molecule has 0 aromatic carbocycles. The van der Waals surface area contributed by atoms with Gasteiger partial charge in [0.2, 0.25) is 0 Å². The van der Waals surface area contributed by atoms with E-state index in [4.69, 9.17) is 0 Å². The van der Waals surface area contributed by atoms with Gasteiger partial charge in [-0.2, -0.15) is 5.10 Å². The Morgan fingerprint density at radius 2 is 2.21 bits per heavy atom. The molecule has 4 N–H and O–H groups in total. The number of anilines is 2. The number of H-pyrrole nitrogens is 2. The van der Waals surface area contributed by atoms with Gasteiger partial charge in [0.1, 0.15) is 5.65 Å². The Morgan fingerprint density at radius 1 is 1.32 bits per heavy atom. The molecule has 0 aliphatic carbocycles. The molecule has 0 saturated heterocycles. The zero-order valence-corrected chi connectivity index (χ0v) is 10.2. The number of hydrogen-bond acceptors (Lipinski definition) is 3. The first-order chi connectivity index (χ1) is 9.20. The number of aromatic amines is 2. The van der Waals surface area contributed by atoms with Crippen LogP contribution in [0.25, 0.3) is 11.0 Å². The highest BCUT2D eigenvalue weighted by atomic mass is 16.2.